The summed E-state index contributed by atoms with van der Waals surface area (Å²) in [6.45, 7) is 9.57. The lowest BCUT2D eigenvalue weighted by Gasteiger charge is -2.38. The van der Waals surface area contributed by atoms with Gasteiger partial charge in [0.15, 0.2) is 0 Å². The van der Waals surface area contributed by atoms with Gasteiger partial charge in [0.1, 0.15) is 0 Å². The van der Waals surface area contributed by atoms with Crippen molar-refractivity contribution >= 4 is 12.0 Å². The molecule has 1 rings (SSSR count). The zero-order valence-electron chi connectivity index (χ0n) is 13.5. The van der Waals surface area contributed by atoms with Crippen molar-refractivity contribution in [3.8, 4) is 0 Å². The Kier molecular flexibility index (Phi) is 7.50. The molecule has 2 atom stereocenters. The minimum atomic E-state index is -0.865. The average Bonchev–Trinajstić information content (AvgIpc) is 2.46. The van der Waals surface area contributed by atoms with Gasteiger partial charge in [-0.2, -0.15) is 0 Å². The molecule has 0 radical (unpaired) electrons. The molecule has 6 heteroatoms. The normalized spacial score (nSPS) is 19.1. The monoisotopic (exact) mass is 299 g/mol. The lowest BCUT2D eigenvalue weighted by molar-refractivity contribution is -0.137. The van der Waals surface area contributed by atoms with Crippen molar-refractivity contribution in [3.05, 3.63) is 0 Å². The molecule has 2 N–H and O–H groups in total. The highest BCUT2D eigenvalue weighted by molar-refractivity contribution is 5.76. The van der Waals surface area contributed by atoms with Gasteiger partial charge in [-0.25, -0.2) is 4.79 Å². The number of hydrogen-bond donors (Lipinski definition) is 2. The van der Waals surface area contributed by atoms with Gasteiger partial charge in [-0.05, 0) is 19.8 Å². The zero-order valence-corrected chi connectivity index (χ0v) is 13.5. The Bertz CT molecular complexity index is 341. The van der Waals surface area contributed by atoms with E-state index in [0.29, 0.717) is 25.6 Å². The third kappa shape index (κ3) is 5.91. The third-order valence-corrected chi connectivity index (χ3v) is 4.20. The zero-order chi connectivity index (χ0) is 15.8. The number of hydrogen-bond acceptors (Lipinski definition) is 3. The van der Waals surface area contributed by atoms with Crippen LogP contribution in [-0.2, 0) is 4.79 Å². The number of aliphatic carboxylic acids is 1. The van der Waals surface area contributed by atoms with Gasteiger partial charge in [0, 0.05) is 38.3 Å². The predicted octanol–water partition coefficient (Wildman–Crippen LogP) is 1.76. The van der Waals surface area contributed by atoms with Crippen LogP contribution in [0.5, 0.6) is 0 Å². The van der Waals surface area contributed by atoms with Gasteiger partial charge in [0.2, 0.25) is 0 Å². The molecule has 1 saturated heterocycles. The summed E-state index contributed by atoms with van der Waals surface area (Å²) in [5, 5.41) is 11.7. The number of carboxylic acids is 1. The molecule has 2 amide bonds. The Hall–Kier alpha value is -1.30. The van der Waals surface area contributed by atoms with E-state index in [1.807, 2.05) is 6.92 Å². The topological polar surface area (TPSA) is 72.9 Å². The van der Waals surface area contributed by atoms with Crippen LogP contribution in [0.25, 0.3) is 0 Å². The van der Waals surface area contributed by atoms with Crippen molar-refractivity contribution < 1.29 is 14.7 Å². The lowest BCUT2D eigenvalue weighted by atomic mass is 10.1. The van der Waals surface area contributed by atoms with E-state index in [9.17, 15) is 9.59 Å². The first-order chi connectivity index (χ1) is 9.97. The van der Waals surface area contributed by atoms with Gasteiger partial charge in [-0.15, -0.1) is 0 Å². The highest BCUT2D eigenvalue weighted by Gasteiger charge is 2.25. The standard InChI is InChI=1S/C15H29N3O3/c1-4-6-13(11-14(19)20)16-15(21)18-9-7-17(8-10-18)12(3)5-2/h12-13H,4-11H2,1-3H3,(H,16,21)(H,19,20). The molecular formula is C15H29N3O3. The van der Waals surface area contributed by atoms with Crippen LogP contribution in [0.2, 0.25) is 0 Å². The first-order valence-corrected chi connectivity index (χ1v) is 7.99. The van der Waals surface area contributed by atoms with Crippen LogP contribution in [-0.4, -0.2) is 65.2 Å². The molecule has 0 aromatic heterocycles. The maximum absolute atomic E-state index is 12.2. The predicted molar refractivity (Wildman–Crippen MR) is 82.4 cm³/mol. The molecule has 122 valence electrons. The molecule has 1 heterocycles. The molecule has 0 aromatic carbocycles. The molecular weight excluding hydrogens is 270 g/mol. The van der Waals surface area contributed by atoms with E-state index in [4.69, 9.17) is 5.11 Å². The maximum atomic E-state index is 12.2. The largest absolute Gasteiger partial charge is 0.481 e. The lowest BCUT2D eigenvalue weighted by Crippen LogP contribution is -2.55. The molecule has 0 spiro atoms. The summed E-state index contributed by atoms with van der Waals surface area (Å²) in [6.07, 6.45) is 2.67. The van der Waals surface area contributed by atoms with Crippen molar-refractivity contribution in [1.82, 2.24) is 15.1 Å². The smallest absolute Gasteiger partial charge is 0.317 e. The van der Waals surface area contributed by atoms with E-state index in [-0.39, 0.29) is 18.5 Å². The SMILES string of the molecule is CCCC(CC(=O)O)NC(=O)N1CCN(C(C)CC)CC1. The van der Waals surface area contributed by atoms with Gasteiger partial charge in [0.05, 0.1) is 6.42 Å². The Labute approximate surface area is 127 Å². The highest BCUT2D eigenvalue weighted by Crippen LogP contribution is 2.10. The molecule has 1 fully saturated rings. The Morgan fingerprint density at radius 1 is 1.19 bits per heavy atom. The van der Waals surface area contributed by atoms with Gasteiger partial charge >= 0.3 is 12.0 Å². The van der Waals surface area contributed by atoms with E-state index in [0.717, 1.165) is 25.9 Å². The van der Waals surface area contributed by atoms with E-state index in [2.05, 4.69) is 24.1 Å². The summed E-state index contributed by atoms with van der Waals surface area (Å²) in [4.78, 5) is 27.2. The summed E-state index contributed by atoms with van der Waals surface area (Å²) < 4.78 is 0. The second-order valence-corrected chi connectivity index (χ2v) is 5.81. The fourth-order valence-corrected chi connectivity index (χ4v) is 2.67. The van der Waals surface area contributed by atoms with Crippen molar-refractivity contribution in [1.29, 1.82) is 0 Å². The number of nitrogens with zero attached hydrogens (tertiary/aromatic N) is 2. The second-order valence-electron chi connectivity index (χ2n) is 5.81. The number of urea groups is 1. The number of amides is 2. The molecule has 2 unspecified atom stereocenters. The van der Waals surface area contributed by atoms with Crippen molar-refractivity contribution in [2.45, 2.75) is 58.5 Å². The molecule has 1 aliphatic rings. The van der Waals surface area contributed by atoms with Crippen LogP contribution in [0.4, 0.5) is 4.79 Å². The third-order valence-electron chi connectivity index (χ3n) is 4.20. The number of carbonyl (C=O) groups is 2. The average molecular weight is 299 g/mol. The van der Waals surface area contributed by atoms with Crippen LogP contribution in [0.15, 0.2) is 0 Å². The quantitative estimate of drug-likeness (QED) is 0.751. The number of piperazine rings is 1. The minimum Gasteiger partial charge on any atom is -0.481 e. The fourth-order valence-electron chi connectivity index (χ4n) is 2.67. The maximum Gasteiger partial charge on any atom is 0.317 e. The number of carboxylic acid groups (broad SMARTS) is 1. The number of nitrogens with one attached hydrogen (secondary N) is 1. The second kappa shape index (κ2) is 8.87. The molecule has 0 saturated carbocycles. The Balaban J connectivity index is 2.43. The summed E-state index contributed by atoms with van der Waals surface area (Å²) >= 11 is 0. The first kappa shape index (κ1) is 17.8. The summed E-state index contributed by atoms with van der Waals surface area (Å²) in [5.41, 5.74) is 0. The van der Waals surface area contributed by atoms with Crippen molar-refractivity contribution in [2.75, 3.05) is 26.2 Å². The van der Waals surface area contributed by atoms with E-state index in [1.54, 1.807) is 4.90 Å². The van der Waals surface area contributed by atoms with Crippen molar-refractivity contribution in [2.24, 2.45) is 0 Å². The molecule has 0 aliphatic carbocycles. The number of carbonyl (C=O) groups excluding carboxylic acids is 1. The van der Waals surface area contributed by atoms with E-state index in [1.165, 1.54) is 0 Å². The molecule has 21 heavy (non-hydrogen) atoms. The van der Waals surface area contributed by atoms with Gasteiger partial charge in [-0.3, -0.25) is 9.69 Å². The minimum absolute atomic E-state index is 0.00753. The Morgan fingerprint density at radius 2 is 1.81 bits per heavy atom. The van der Waals surface area contributed by atoms with Gasteiger partial charge in [0.25, 0.3) is 0 Å². The first-order valence-electron chi connectivity index (χ1n) is 7.99. The van der Waals surface area contributed by atoms with Crippen molar-refractivity contribution in [3.63, 3.8) is 0 Å². The van der Waals surface area contributed by atoms with Crippen LogP contribution in [0, 0.1) is 0 Å². The molecule has 1 aliphatic heterocycles. The van der Waals surface area contributed by atoms with Gasteiger partial charge in [-0.1, -0.05) is 20.3 Å². The number of rotatable bonds is 7. The van der Waals surface area contributed by atoms with Crippen LogP contribution < -0.4 is 5.32 Å². The highest BCUT2D eigenvalue weighted by atomic mass is 16.4. The summed E-state index contributed by atoms with van der Waals surface area (Å²) in [5.74, 6) is -0.865. The molecule has 6 nitrogen and oxygen atoms in total. The Morgan fingerprint density at radius 3 is 2.29 bits per heavy atom. The van der Waals surface area contributed by atoms with Gasteiger partial charge < -0.3 is 15.3 Å². The van der Waals surface area contributed by atoms with E-state index < -0.39 is 5.97 Å². The van der Waals surface area contributed by atoms with Crippen LogP contribution in [0.1, 0.15) is 46.5 Å². The molecule has 0 aromatic rings. The van der Waals surface area contributed by atoms with Crippen LogP contribution in [0.3, 0.4) is 0 Å². The molecule has 0 bridgehead atoms. The summed E-state index contributed by atoms with van der Waals surface area (Å²) in [6, 6.07) is 0.154. The fraction of sp³-hybridized carbons (Fsp3) is 0.867. The summed E-state index contributed by atoms with van der Waals surface area (Å²) in [7, 11) is 0. The van der Waals surface area contributed by atoms with E-state index >= 15 is 0 Å². The van der Waals surface area contributed by atoms with Crippen LogP contribution >= 0.6 is 0 Å².